The average Bonchev–Trinajstić information content (AvgIpc) is 2.95. The van der Waals surface area contributed by atoms with E-state index in [0.29, 0.717) is 12.1 Å². The second-order valence-electron chi connectivity index (χ2n) is 6.72. The van der Waals surface area contributed by atoms with E-state index in [-0.39, 0.29) is 0 Å². The molecule has 2 atom stereocenters. The molecular weight excluding hydrogens is 294 g/mol. The van der Waals surface area contributed by atoms with Crippen LogP contribution >= 0.6 is 0 Å². The fourth-order valence-corrected chi connectivity index (χ4v) is 3.68. The lowest BCUT2D eigenvalue weighted by molar-refractivity contribution is 0.259. The van der Waals surface area contributed by atoms with E-state index in [9.17, 15) is 0 Å². The van der Waals surface area contributed by atoms with Crippen LogP contribution in [0, 0.1) is 0 Å². The van der Waals surface area contributed by atoms with Gasteiger partial charge in [0.15, 0.2) is 0 Å². The molecule has 2 unspecified atom stereocenters. The van der Waals surface area contributed by atoms with Crippen LogP contribution in [0.4, 0.5) is 5.69 Å². The summed E-state index contributed by atoms with van der Waals surface area (Å²) < 4.78 is 0. The number of likely N-dealkylation sites (tertiary alicyclic amines) is 1. The van der Waals surface area contributed by atoms with Crippen LogP contribution in [0.25, 0.3) is 10.9 Å². The third kappa shape index (κ3) is 3.13. The molecule has 4 rings (SSSR count). The lowest BCUT2D eigenvalue weighted by Crippen LogP contribution is -2.28. The molecule has 1 N–H and O–H groups in total. The van der Waals surface area contributed by atoms with Crippen molar-refractivity contribution >= 4 is 16.6 Å². The zero-order valence-electron chi connectivity index (χ0n) is 14.0. The number of rotatable bonds is 4. The van der Waals surface area contributed by atoms with Crippen LogP contribution in [0.1, 0.15) is 18.9 Å². The fraction of sp³-hybridized carbons (Fsp3) is 0.286. The van der Waals surface area contributed by atoms with Crippen molar-refractivity contribution in [2.75, 3.05) is 11.9 Å². The predicted molar refractivity (Wildman–Crippen MR) is 100 cm³/mol. The third-order valence-corrected chi connectivity index (χ3v) is 4.92. The summed E-state index contributed by atoms with van der Waals surface area (Å²) in [4.78, 5) is 7.11. The minimum absolute atomic E-state index is 0.469. The molecule has 3 heteroatoms. The maximum Gasteiger partial charge on any atom is 0.0933 e. The van der Waals surface area contributed by atoms with Crippen molar-refractivity contribution in [3.8, 4) is 0 Å². The van der Waals surface area contributed by atoms with Crippen molar-refractivity contribution in [3.05, 3.63) is 72.4 Å². The van der Waals surface area contributed by atoms with Gasteiger partial charge in [-0.3, -0.25) is 9.88 Å². The Labute approximate surface area is 143 Å². The molecule has 3 aromatic rings. The van der Waals surface area contributed by atoms with Crippen molar-refractivity contribution in [2.45, 2.75) is 32.0 Å². The van der Waals surface area contributed by atoms with Gasteiger partial charge in [0, 0.05) is 36.8 Å². The van der Waals surface area contributed by atoms with Gasteiger partial charge in [0.25, 0.3) is 0 Å². The highest BCUT2D eigenvalue weighted by atomic mass is 15.2. The van der Waals surface area contributed by atoms with Crippen LogP contribution in [0.5, 0.6) is 0 Å². The first-order chi connectivity index (χ1) is 11.8. The van der Waals surface area contributed by atoms with Crippen LogP contribution in [-0.4, -0.2) is 28.5 Å². The van der Waals surface area contributed by atoms with Crippen molar-refractivity contribution in [1.29, 1.82) is 0 Å². The molecule has 24 heavy (non-hydrogen) atoms. The maximum atomic E-state index is 4.55. The summed E-state index contributed by atoms with van der Waals surface area (Å²) in [5.41, 5.74) is 3.60. The quantitative estimate of drug-likeness (QED) is 0.777. The number of hydrogen-bond acceptors (Lipinski definition) is 3. The molecule has 0 amide bonds. The maximum absolute atomic E-state index is 4.55. The van der Waals surface area contributed by atoms with E-state index in [1.54, 1.807) is 0 Å². The number of para-hydroxylation sites is 1. The van der Waals surface area contributed by atoms with Gasteiger partial charge in [-0.05, 0) is 31.0 Å². The van der Waals surface area contributed by atoms with Gasteiger partial charge < -0.3 is 5.32 Å². The van der Waals surface area contributed by atoms with E-state index in [4.69, 9.17) is 0 Å². The largest absolute Gasteiger partial charge is 0.379 e. The molecule has 2 aromatic carbocycles. The second-order valence-corrected chi connectivity index (χ2v) is 6.72. The minimum Gasteiger partial charge on any atom is -0.379 e. The van der Waals surface area contributed by atoms with Crippen LogP contribution in [-0.2, 0) is 6.54 Å². The zero-order chi connectivity index (χ0) is 16.4. The molecule has 1 aliphatic rings. The van der Waals surface area contributed by atoms with E-state index in [1.165, 1.54) is 10.9 Å². The molecule has 0 saturated carbocycles. The molecular formula is C21H23N3. The highest BCUT2D eigenvalue weighted by Crippen LogP contribution is 2.26. The van der Waals surface area contributed by atoms with Gasteiger partial charge in [-0.2, -0.15) is 0 Å². The molecule has 0 spiro atoms. The van der Waals surface area contributed by atoms with Crippen molar-refractivity contribution in [3.63, 3.8) is 0 Å². The van der Waals surface area contributed by atoms with Gasteiger partial charge in [0.1, 0.15) is 0 Å². The zero-order valence-corrected chi connectivity index (χ0v) is 14.0. The Bertz CT molecular complexity index is 810. The summed E-state index contributed by atoms with van der Waals surface area (Å²) in [5.74, 6) is 0. The smallest absolute Gasteiger partial charge is 0.0933 e. The number of benzene rings is 2. The Morgan fingerprint density at radius 1 is 1.04 bits per heavy atom. The summed E-state index contributed by atoms with van der Waals surface area (Å²) in [6.07, 6.45) is 3.03. The molecule has 1 aromatic heterocycles. The van der Waals surface area contributed by atoms with Crippen molar-refractivity contribution in [2.24, 2.45) is 0 Å². The lowest BCUT2D eigenvalue weighted by Gasteiger charge is -2.21. The highest BCUT2D eigenvalue weighted by molar-refractivity contribution is 5.90. The van der Waals surface area contributed by atoms with Crippen LogP contribution < -0.4 is 5.32 Å². The number of pyridine rings is 1. The number of hydrogen-bond donors (Lipinski definition) is 1. The molecule has 0 radical (unpaired) electrons. The van der Waals surface area contributed by atoms with Gasteiger partial charge in [-0.1, -0.05) is 48.5 Å². The van der Waals surface area contributed by atoms with Gasteiger partial charge in [-0.15, -0.1) is 0 Å². The Balaban J connectivity index is 1.48. The first-order valence-electron chi connectivity index (χ1n) is 8.68. The Hall–Kier alpha value is -2.39. The number of aromatic nitrogens is 1. The first kappa shape index (κ1) is 15.2. The molecule has 1 saturated heterocycles. The molecule has 122 valence electrons. The van der Waals surface area contributed by atoms with Gasteiger partial charge in [-0.25, -0.2) is 0 Å². The van der Waals surface area contributed by atoms with Crippen molar-refractivity contribution in [1.82, 2.24) is 9.88 Å². The van der Waals surface area contributed by atoms with E-state index < -0.39 is 0 Å². The number of fused-ring (bicyclic) bond motifs is 1. The van der Waals surface area contributed by atoms with Gasteiger partial charge >= 0.3 is 0 Å². The normalized spacial score (nSPS) is 21.2. The highest BCUT2D eigenvalue weighted by Gasteiger charge is 2.29. The minimum atomic E-state index is 0.469. The lowest BCUT2D eigenvalue weighted by atomic mass is 10.1. The standard InChI is InChI=1S/C21H23N3/c1-16-13-19(15-24(16)14-17-7-3-2-4-8-17)23-20-11-5-9-18-10-6-12-22-21(18)20/h2-12,16,19,23H,13-15H2,1H3. The molecule has 1 fully saturated rings. The summed E-state index contributed by atoms with van der Waals surface area (Å²) in [6, 6.07) is 22.3. The Kier molecular flexibility index (Phi) is 4.18. The average molecular weight is 317 g/mol. The molecule has 0 aliphatic carbocycles. The summed E-state index contributed by atoms with van der Waals surface area (Å²) in [6.45, 7) is 4.42. The summed E-state index contributed by atoms with van der Waals surface area (Å²) in [5, 5.41) is 4.92. The number of nitrogens with zero attached hydrogens (tertiary/aromatic N) is 2. The molecule has 0 bridgehead atoms. The van der Waals surface area contributed by atoms with Crippen LogP contribution in [0.15, 0.2) is 66.9 Å². The van der Waals surface area contributed by atoms with Gasteiger partial charge in [0.05, 0.1) is 11.2 Å². The summed E-state index contributed by atoms with van der Waals surface area (Å²) >= 11 is 0. The monoisotopic (exact) mass is 317 g/mol. The Morgan fingerprint density at radius 3 is 2.75 bits per heavy atom. The summed E-state index contributed by atoms with van der Waals surface area (Å²) in [7, 11) is 0. The SMILES string of the molecule is CC1CC(Nc2cccc3cccnc23)CN1Cc1ccccc1. The van der Waals surface area contributed by atoms with Gasteiger partial charge in [0.2, 0.25) is 0 Å². The predicted octanol–water partition coefficient (Wildman–Crippen LogP) is 4.31. The Morgan fingerprint density at radius 2 is 1.88 bits per heavy atom. The van der Waals surface area contributed by atoms with Crippen molar-refractivity contribution < 1.29 is 0 Å². The molecule has 3 nitrogen and oxygen atoms in total. The topological polar surface area (TPSA) is 28.2 Å². The van der Waals surface area contributed by atoms with E-state index in [1.807, 2.05) is 12.3 Å². The van der Waals surface area contributed by atoms with Crippen LogP contribution in [0.3, 0.4) is 0 Å². The number of anilines is 1. The number of nitrogens with one attached hydrogen (secondary N) is 1. The first-order valence-corrected chi connectivity index (χ1v) is 8.68. The van der Waals surface area contributed by atoms with E-state index in [0.717, 1.165) is 30.7 Å². The molecule has 1 aliphatic heterocycles. The van der Waals surface area contributed by atoms with E-state index >= 15 is 0 Å². The second kappa shape index (κ2) is 6.62. The molecule has 2 heterocycles. The third-order valence-electron chi connectivity index (χ3n) is 4.92. The van der Waals surface area contributed by atoms with E-state index in [2.05, 4.69) is 76.7 Å². The fourth-order valence-electron chi connectivity index (χ4n) is 3.68. The van der Waals surface area contributed by atoms with Crippen LogP contribution in [0.2, 0.25) is 0 Å².